The minimum atomic E-state index is -0.639. The zero-order valence-electron chi connectivity index (χ0n) is 17.7. The number of nitrogens with one attached hydrogen (secondary N) is 2. The molecule has 0 saturated carbocycles. The molecule has 0 aliphatic carbocycles. The van der Waals surface area contributed by atoms with Gasteiger partial charge in [-0.05, 0) is 41.7 Å². The molecule has 3 aromatic carbocycles. The molecule has 31 heavy (non-hydrogen) atoms. The van der Waals surface area contributed by atoms with E-state index in [0.717, 1.165) is 21.9 Å². The number of rotatable bonds is 9. The van der Waals surface area contributed by atoms with Crippen molar-refractivity contribution in [3.8, 4) is 0 Å². The molecular weight excluding hydrogens is 390 g/mol. The summed E-state index contributed by atoms with van der Waals surface area (Å²) >= 11 is 0. The van der Waals surface area contributed by atoms with Crippen molar-refractivity contribution in [2.45, 2.75) is 38.5 Å². The van der Waals surface area contributed by atoms with Crippen LogP contribution in [-0.2, 0) is 16.1 Å². The standard InChI is InChI=1S/C25H29N3O3/c1-18(21-14-7-12-20-11-5-6-13-22(20)21)28-24(29)23(26)15-8-16-27-25(30)31-17-19-9-3-2-4-10-19/h2-7,9-14,18,23H,8,15-17,26H2,1H3,(H,27,30)(H,28,29)/t18-,23-/m1/s1. The van der Waals surface area contributed by atoms with Gasteiger partial charge < -0.3 is 21.1 Å². The van der Waals surface area contributed by atoms with Crippen molar-refractivity contribution in [2.75, 3.05) is 6.54 Å². The number of alkyl carbamates (subject to hydrolysis) is 1. The largest absolute Gasteiger partial charge is 0.445 e. The highest BCUT2D eigenvalue weighted by atomic mass is 16.5. The van der Waals surface area contributed by atoms with Crippen LogP contribution in [0.3, 0.4) is 0 Å². The number of amides is 2. The van der Waals surface area contributed by atoms with Crippen LogP contribution in [0.5, 0.6) is 0 Å². The topological polar surface area (TPSA) is 93.5 Å². The van der Waals surface area contributed by atoms with Crippen LogP contribution >= 0.6 is 0 Å². The fourth-order valence-corrected chi connectivity index (χ4v) is 3.44. The van der Waals surface area contributed by atoms with E-state index in [0.29, 0.717) is 19.4 Å². The number of ether oxygens (including phenoxy) is 1. The number of hydrogen-bond donors (Lipinski definition) is 3. The summed E-state index contributed by atoms with van der Waals surface area (Å²) in [5.74, 6) is -0.202. The van der Waals surface area contributed by atoms with Gasteiger partial charge in [-0.3, -0.25) is 4.79 Å². The lowest BCUT2D eigenvalue weighted by Gasteiger charge is -2.19. The molecule has 0 fully saturated rings. The van der Waals surface area contributed by atoms with Gasteiger partial charge in [-0.25, -0.2) is 4.79 Å². The fraction of sp³-hybridized carbons (Fsp3) is 0.280. The highest BCUT2D eigenvalue weighted by Crippen LogP contribution is 2.24. The molecule has 0 saturated heterocycles. The summed E-state index contributed by atoms with van der Waals surface area (Å²) in [6.07, 6.45) is 0.566. The highest BCUT2D eigenvalue weighted by Gasteiger charge is 2.17. The lowest BCUT2D eigenvalue weighted by Crippen LogP contribution is -2.42. The molecule has 2 atom stereocenters. The fourth-order valence-electron chi connectivity index (χ4n) is 3.44. The summed E-state index contributed by atoms with van der Waals surface area (Å²) < 4.78 is 5.16. The Kier molecular flexibility index (Phi) is 8.01. The van der Waals surface area contributed by atoms with E-state index in [9.17, 15) is 9.59 Å². The molecule has 3 aromatic rings. The van der Waals surface area contributed by atoms with Gasteiger partial charge in [0.1, 0.15) is 6.61 Å². The minimum absolute atomic E-state index is 0.157. The smallest absolute Gasteiger partial charge is 0.407 e. The average molecular weight is 420 g/mol. The van der Waals surface area contributed by atoms with Crippen LogP contribution in [-0.4, -0.2) is 24.6 Å². The van der Waals surface area contributed by atoms with Crippen molar-refractivity contribution in [2.24, 2.45) is 5.73 Å². The van der Waals surface area contributed by atoms with Crippen LogP contribution in [0.2, 0.25) is 0 Å². The van der Waals surface area contributed by atoms with Crippen LogP contribution in [0.15, 0.2) is 72.8 Å². The van der Waals surface area contributed by atoms with E-state index in [4.69, 9.17) is 10.5 Å². The monoisotopic (exact) mass is 419 g/mol. The number of carbonyl (C=O) groups is 2. The van der Waals surface area contributed by atoms with E-state index in [2.05, 4.69) is 28.8 Å². The van der Waals surface area contributed by atoms with Gasteiger partial charge in [0.2, 0.25) is 5.91 Å². The van der Waals surface area contributed by atoms with Crippen LogP contribution in [0.1, 0.15) is 36.9 Å². The first-order chi connectivity index (χ1) is 15.0. The molecule has 2 amide bonds. The molecule has 0 aromatic heterocycles. The quantitative estimate of drug-likeness (QED) is 0.456. The van der Waals surface area contributed by atoms with Gasteiger partial charge in [-0.15, -0.1) is 0 Å². The Bertz CT molecular complexity index is 1000. The molecule has 3 rings (SSSR count). The Morgan fingerprint density at radius 1 is 0.968 bits per heavy atom. The van der Waals surface area contributed by atoms with E-state index in [1.54, 1.807) is 0 Å². The van der Waals surface area contributed by atoms with Crippen LogP contribution < -0.4 is 16.4 Å². The Hall–Kier alpha value is -3.38. The first-order valence-corrected chi connectivity index (χ1v) is 10.5. The normalized spacial score (nSPS) is 12.7. The molecule has 0 bridgehead atoms. The predicted molar refractivity (Wildman–Crippen MR) is 122 cm³/mol. The van der Waals surface area contributed by atoms with Gasteiger partial charge in [-0.1, -0.05) is 72.8 Å². The molecule has 0 spiro atoms. The zero-order valence-corrected chi connectivity index (χ0v) is 17.7. The van der Waals surface area contributed by atoms with E-state index in [1.807, 2.05) is 61.5 Å². The maximum Gasteiger partial charge on any atom is 0.407 e. The third kappa shape index (κ3) is 6.55. The molecule has 4 N–H and O–H groups in total. The van der Waals surface area contributed by atoms with Crippen molar-refractivity contribution in [3.05, 3.63) is 83.9 Å². The number of hydrogen-bond acceptors (Lipinski definition) is 4. The first kappa shape index (κ1) is 22.3. The van der Waals surface area contributed by atoms with Crippen LogP contribution in [0.4, 0.5) is 4.79 Å². The van der Waals surface area contributed by atoms with Gasteiger partial charge in [0.05, 0.1) is 12.1 Å². The lowest BCUT2D eigenvalue weighted by atomic mass is 9.99. The van der Waals surface area contributed by atoms with Gasteiger partial charge in [-0.2, -0.15) is 0 Å². The Morgan fingerprint density at radius 3 is 2.48 bits per heavy atom. The molecule has 0 heterocycles. The van der Waals surface area contributed by atoms with Gasteiger partial charge in [0.15, 0.2) is 0 Å². The summed E-state index contributed by atoms with van der Waals surface area (Å²) in [7, 11) is 0. The zero-order chi connectivity index (χ0) is 22.1. The molecule has 6 heteroatoms. The van der Waals surface area contributed by atoms with Crippen molar-refractivity contribution in [1.29, 1.82) is 0 Å². The number of fused-ring (bicyclic) bond motifs is 1. The number of nitrogens with two attached hydrogens (primary N) is 1. The molecular formula is C25H29N3O3. The van der Waals surface area contributed by atoms with E-state index in [1.165, 1.54) is 0 Å². The van der Waals surface area contributed by atoms with Gasteiger partial charge in [0.25, 0.3) is 0 Å². The summed E-state index contributed by atoms with van der Waals surface area (Å²) in [5, 5.41) is 7.94. The second-order valence-corrected chi connectivity index (χ2v) is 7.54. The molecule has 0 unspecified atom stereocenters. The molecule has 0 aliphatic rings. The average Bonchev–Trinajstić information content (AvgIpc) is 2.80. The lowest BCUT2D eigenvalue weighted by molar-refractivity contribution is -0.123. The maximum atomic E-state index is 12.5. The third-order valence-electron chi connectivity index (χ3n) is 5.16. The molecule has 0 aliphatic heterocycles. The molecule has 6 nitrogen and oxygen atoms in total. The second kappa shape index (κ2) is 11.1. The second-order valence-electron chi connectivity index (χ2n) is 7.54. The van der Waals surface area contributed by atoms with Crippen LogP contribution in [0, 0.1) is 0 Å². The number of benzene rings is 3. The van der Waals surface area contributed by atoms with Crippen molar-refractivity contribution in [1.82, 2.24) is 10.6 Å². The van der Waals surface area contributed by atoms with Gasteiger partial charge >= 0.3 is 6.09 Å². The van der Waals surface area contributed by atoms with Crippen LogP contribution in [0.25, 0.3) is 10.8 Å². The highest BCUT2D eigenvalue weighted by molar-refractivity contribution is 5.87. The van der Waals surface area contributed by atoms with Crippen molar-refractivity contribution >= 4 is 22.8 Å². The summed E-state index contributed by atoms with van der Waals surface area (Å²) in [6.45, 7) is 2.57. The Labute approximate surface area is 182 Å². The van der Waals surface area contributed by atoms with Crippen molar-refractivity contribution in [3.63, 3.8) is 0 Å². The minimum Gasteiger partial charge on any atom is -0.445 e. The molecule has 162 valence electrons. The first-order valence-electron chi connectivity index (χ1n) is 10.5. The maximum absolute atomic E-state index is 12.5. The van der Waals surface area contributed by atoms with Gasteiger partial charge in [0, 0.05) is 6.54 Å². The van der Waals surface area contributed by atoms with E-state index < -0.39 is 12.1 Å². The summed E-state index contributed by atoms with van der Waals surface area (Å²) in [4.78, 5) is 24.3. The summed E-state index contributed by atoms with van der Waals surface area (Å²) in [6, 6.07) is 22.8. The number of carbonyl (C=O) groups excluding carboxylic acids is 2. The SMILES string of the molecule is C[C@@H](NC(=O)[C@H](N)CCCNC(=O)OCc1ccccc1)c1cccc2ccccc12. The Balaban J connectivity index is 1.38. The molecule has 0 radical (unpaired) electrons. The summed E-state index contributed by atoms with van der Waals surface area (Å²) in [5.41, 5.74) is 8.04. The Morgan fingerprint density at radius 2 is 1.68 bits per heavy atom. The van der Waals surface area contributed by atoms with E-state index >= 15 is 0 Å². The van der Waals surface area contributed by atoms with Crippen molar-refractivity contribution < 1.29 is 14.3 Å². The van der Waals surface area contributed by atoms with E-state index in [-0.39, 0.29) is 18.6 Å². The predicted octanol–water partition coefficient (Wildman–Crippen LogP) is 4.05. The third-order valence-corrected chi connectivity index (χ3v) is 5.16.